The van der Waals surface area contributed by atoms with Gasteiger partial charge in [-0.05, 0) is 33.8 Å². The van der Waals surface area contributed by atoms with Crippen molar-refractivity contribution in [3.63, 3.8) is 0 Å². The van der Waals surface area contributed by atoms with Gasteiger partial charge in [-0.1, -0.05) is 23.2 Å². The summed E-state index contributed by atoms with van der Waals surface area (Å²) in [6, 6.07) is 3.01. The van der Waals surface area contributed by atoms with Crippen LogP contribution < -0.4 is 0 Å². The minimum absolute atomic E-state index is 0.213. The number of ether oxygens (including phenoxy) is 1. The van der Waals surface area contributed by atoms with Gasteiger partial charge in [-0.2, -0.15) is 0 Å². The molecular formula is C8H5Cl3O2S. The maximum absolute atomic E-state index is 11.2. The zero-order chi connectivity index (χ0) is 10.7. The summed E-state index contributed by atoms with van der Waals surface area (Å²) in [5, 5.41) is 0.638. The van der Waals surface area contributed by atoms with Crippen LogP contribution in [-0.4, -0.2) is 13.1 Å². The SMILES string of the molecule is COC(=O)c1cc(Cl)cc(SCl)c1Cl. The average molecular weight is 272 g/mol. The van der Waals surface area contributed by atoms with E-state index >= 15 is 0 Å². The number of carbonyl (C=O) groups is 1. The molecule has 0 N–H and O–H groups in total. The summed E-state index contributed by atoms with van der Waals surface area (Å²) < 4.78 is 4.54. The van der Waals surface area contributed by atoms with Crippen LogP contribution in [0.25, 0.3) is 0 Å². The van der Waals surface area contributed by atoms with E-state index in [0.717, 1.165) is 11.0 Å². The molecule has 1 aromatic rings. The Morgan fingerprint density at radius 1 is 1.43 bits per heavy atom. The Morgan fingerprint density at radius 3 is 2.57 bits per heavy atom. The molecule has 1 rings (SSSR count). The molecular weight excluding hydrogens is 267 g/mol. The third kappa shape index (κ3) is 2.48. The Hall–Kier alpha value is -0.0900. The first kappa shape index (κ1) is 12.0. The molecule has 0 aliphatic heterocycles. The van der Waals surface area contributed by atoms with Crippen molar-refractivity contribution < 1.29 is 9.53 Å². The molecule has 0 amide bonds. The highest BCUT2D eigenvalue weighted by molar-refractivity contribution is 8.21. The molecule has 0 fully saturated rings. The van der Waals surface area contributed by atoms with E-state index in [-0.39, 0.29) is 10.6 Å². The van der Waals surface area contributed by atoms with E-state index in [9.17, 15) is 4.79 Å². The summed E-state index contributed by atoms with van der Waals surface area (Å²) in [6.45, 7) is 0. The molecule has 76 valence electrons. The van der Waals surface area contributed by atoms with Gasteiger partial charge < -0.3 is 4.74 Å². The third-order valence-electron chi connectivity index (χ3n) is 1.49. The average Bonchev–Trinajstić information content (AvgIpc) is 2.19. The molecule has 1 aromatic carbocycles. The van der Waals surface area contributed by atoms with E-state index in [1.54, 1.807) is 6.07 Å². The van der Waals surface area contributed by atoms with Crippen LogP contribution in [0.4, 0.5) is 0 Å². The number of carbonyl (C=O) groups excluding carboxylic acids is 1. The second-order valence-electron chi connectivity index (χ2n) is 2.33. The molecule has 0 atom stereocenters. The van der Waals surface area contributed by atoms with Crippen LogP contribution >= 0.6 is 44.9 Å². The number of rotatable bonds is 2. The maximum Gasteiger partial charge on any atom is 0.339 e. The normalized spacial score (nSPS) is 10.0. The van der Waals surface area contributed by atoms with Crippen molar-refractivity contribution in [2.24, 2.45) is 0 Å². The Labute approximate surface area is 100.0 Å². The second-order valence-corrected chi connectivity index (χ2v) is 4.21. The van der Waals surface area contributed by atoms with Gasteiger partial charge in [-0.15, -0.1) is 0 Å². The topological polar surface area (TPSA) is 26.3 Å². The van der Waals surface area contributed by atoms with E-state index in [2.05, 4.69) is 4.74 Å². The summed E-state index contributed by atoms with van der Waals surface area (Å²) >= 11 is 11.7. The molecule has 0 radical (unpaired) electrons. The van der Waals surface area contributed by atoms with Gasteiger partial charge >= 0.3 is 5.97 Å². The van der Waals surface area contributed by atoms with E-state index in [4.69, 9.17) is 33.9 Å². The van der Waals surface area contributed by atoms with Crippen molar-refractivity contribution in [2.45, 2.75) is 4.90 Å². The predicted octanol–water partition coefficient (Wildman–Crippen LogP) is 4.03. The molecule has 14 heavy (non-hydrogen) atoms. The lowest BCUT2D eigenvalue weighted by atomic mass is 10.2. The Bertz CT molecular complexity index is 368. The van der Waals surface area contributed by atoms with Crippen molar-refractivity contribution >= 4 is 50.8 Å². The number of methoxy groups -OCH3 is 1. The highest BCUT2D eigenvalue weighted by Gasteiger charge is 2.15. The molecule has 0 spiro atoms. The van der Waals surface area contributed by atoms with Crippen molar-refractivity contribution in [1.29, 1.82) is 0 Å². The first-order chi connectivity index (χ1) is 6.60. The lowest BCUT2D eigenvalue weighted by Crippen LogP contribution is -2.02. The number of esters is 1. The van der Waals surface area contributed by atoms with Crippen molar-refractivity contribution in [3.8, 4) is 0 Å². The van der Waals surface area contributed by atoms with Crippen molar-refractivity contribution in [2.75, 3.05) is 7.11 Å². The van der Waals surface area contributed by atoms with Crippen LogP contribution in [0.1, 0.15) is 10.4 Å². The summed E-state index contributed by atoms with van der Waals surface area (Å²) in [6.07, 6.45) is 0. The highest BCUT2D eigenvalue weighted by atomic mass is 35.7. The van der Waals surface area contributed by atoms with Crippen molar-refractivity contribution in [1.82, 2.24) is 0 Å². The van der Waals surface area contributed by atoms with Crippen molar-refractivity contribution in [3.05, 3.63) is 27.7 Å². The lowest BCUT2D eigenvalue weighted by Gasteiger charge is -2.05. The standard InChI is InChI=1S/C8H5Cl3O2S/c1-13-8(12)5-2-4(9)3-6(14-11)7(5)10/h2-3H,1H3. The molecule has 0 aliphatic carbocycles. The molecule has 0 heterocycles. The molecule has 0 unspecified atom stereocenters. The van der Waals surface area contributed by atoms with E-state index in [1.165, 1.54) is 13.2 Å². The van der Waals surface area contributed by atoms with Crippen LogP contribution in [0, 0.1) is 0 Å². The van der Waals surface area contributed by atoms with E-state index < -0.39 is 5.97 Å². The number of hydrogen-bond acceptors (Lipinski definition) is 3. The Balaban J connectivity index is 3.29. The van der Waals surface area contributed by atoms with Crippen LogP contribution in [0.2, 0.25) is 10.0 Å². The minimum atomic E-state index is -0.538. The molecule has 0 saturated carbocycles. The summed E-state index contributed by atoms with van der Waals surface area (Å²) in [7, 11) is 7.72. The van der Waals surface area contributed by atoms with Gasteiger partial charge in [0.2, 0.25) is 0 Å². The summed E-state index contributed by atoms with van der Waals surface area (Å²) in [4.78, 5) is 11.8. The summed E-state index contributed by atoms with van der Waals surface area (Å²) in [5.41, 5.74) is 0.213. The van der Waals surface area contributed by atoms with E-state index in [1.807, 2.05) is 0 Å². The van der Waals surface area contributed by atoms with Crippen LogP contribution in [0.5, 0.6) is 0 Å². The van der Waals surface area contributed by atoms with Gasteiger partial charge in [0.1, 0.15) is 0 Å². The van der Waals surface area contributed by atoms with Gasteiger partial charge in [-0.3, -0.25) is 0 Å². The first-order valence-corrected chi connectivity index (χ1v) is 5.86. The Kier molecular flexibility index (Phi) is 4.38. The van der Waals surface area contributed by atoms with Gasteiger partial charge in [0.05, 0.1) is 17.7 Å². The molecule has 0 aliphatic rings. The number of benzene rings is 1. The zero-order valence-corrected chi connectivity index (χ0v) is 10.1. The van der Waals surface area contributed by atoms with Gasteiger partial charge in [0, 0.05) is 9.92 Å². The van der Waals surface area contributed by atoms with E-state index in [0.29, 0.717) is 9.92 Å². The zero-order valence-electron chi connectivity index (χ0n) is 7.01. The third-order valence-corrected chi connectivity index (χ3v) is 3.22. The molecule has 0 saturated heterocycles. The quantitative estimate of drug-likeness (QED) is 0.760. The maximum atomic E-state index is 11.2. The molecule has 0 bridgehead atoms. The number of hydrogen-bond donors (Lipinski definition) is 0. The fourth-order valence-electron chi connectivity index (χ4n) is 0.879. The Morgan fingerprint density at radius 2 is 2.07 bits per heavy atom. The monoisotopic (exact) mass is 270 g/mol. The van der Waals surface area contributed by atoms with Gasteiger partial charge in [0.25, 0.3) is 0 Å². The first-order valence-electron chi connectivity index (χ1n) is 3.46. The minimum Gasteiger partial charge on any atom is -0.465 e. The van der Waals surface area contributed by atoms with Crippen LogP contribution in [0.3, 0.4) is 0 Å². The second kappa shape index (κ2) is 5.12. The smallest absolute Gasteiger partial charge is 0.339 e. The molecule has 2 nitrogen and oxygen atoms in total. The fraction of sp³-hybridized carbons (Fsp3) is 0.125. The molecule has 6 heteroatoms. The van der Waals surface area contributed by atoms with Gasteiger partial charge in [0.15, 0.2) is 0 Å². The predicted molar refractivity (Wildman–Crippen MR) is 59.5 cm³/mol. The fourth-order valence-corrected chi connectivity index (χ4v) is 2.30. The van der Waals surface area contributed by atoms with Gasteiger partial charge in [-0.25, -0.2) is 4.79 Å². The lowest BCUT2D eigenvalue weighted by molar-refractivity contribution is 0.0600. The number of halogens is 3. The largest absolute Gasteiger partial charge is 0.465 e. The molecule has 0 aromatic heterocycles. The summed E-state index contributed by atoms with van der Waals surface area (Å²) in [5.74, 6) is -0.538. The van der Waals surface area contributed by atoms with Crippen LogP contribution in [0.15, 0.2) is 17.0 Å². The highest BCUT2D eigenvalue weighted by Crippen LogP contribution is 2.35. The van der Waals surface area contributed by atoms with Crippen LogP contribution in [-0.2, 0) is 4.74 Å².